The van der Waals surface area contributed by atoms with Crippen molar-refractivity contribution in [2.75, 3.05) is 34.8 Å². The molecular formula is C16H22N4O2. The van der Waals surface area contributed by atoms with Crippen LogP contribution in [0.2, 0.25) is 0 Å². The van der Waals surface area contributed by atoms with E-state index in [1.54, 1.807) is 7.11 Å². The fourth-order valence-electron chi connectivity index (χ4n) is 2.86. The minimum absolute atomic E-state index is 0.187. The van der Waals surface area contributed by atoms with Crippen LogP contribution in [0, 0.1) is 0 Å². The summed E-state index contributed by atoms with van der Waals surface area (Å²) in [5, 5.41) is 4.12. The number of rotatable bonds is 4. The molecule has 1 aliphatic rings. The number of likely N-dealkylation sites (N-methyl/N-ethyl adjacent to an activating group) is 2. The van der Waals surface area contributed by atoms with Gasteiger partial charge in [-0.2, -0.15) is 4.98 Å². The van der Waals surface area contributed by atoms with Gasteiger partial charge in [-0.25, -0.2) is 0 Å². The van der Waals surface area contributed by atoms with Crippen molar-refractivity contribution >= 4 is 0 Å². The van der Waals surface area contributed by atoms with Crippen molar-refractivity contribution in [1.29, 1.82) is 0 Å². The summed E-state index contributed by atoms with van der Waals surface area (Å²) in [6.45, 7) is 1.01. The molecule has 0 N–H and O–H groups in total. The molecule has 1 aliphatic heterocycles. The van der Waals surface area contributed by atoms with E-state index >= 15 is 0 Å². The molecule has 22 heavy (non-hydrogen) atoms. The van der Waals surface area contributed by atoms with Crippen LogP contribution in [-0.2, 0) is 0 Å². The number of benzene rings is 1. The van der Waals surface area contributed by atoms with E-state index in [0.717, 1.165) is 24.3 Å². The van der Waals surface area contributed by atoms with Crippen molar-refractivity contribution in [3.63, 3.8) is 0 Å². The number of hydrogen-bond donors (Lipinski definition) is 0. The van der Waals surface area contributed by atoms with Gasteiger partial charge in [-0.05, 0) is 51.8 Å². The zero-order valence-electron chi connectivity index (χ0n) is 13.5. The highest BCUT2D eigenvalue weighted by Crippen LogP contribution is 2.32. The van der Waals surface area contributed by atoms with Crippen LogP contribution in [0.15, 0.2) is 28.8 Å². The summed E-state index contributed by atoms with van der Waals surface area (Å²) in [7, 11) is 7.97. The molecule has 6 nitrogen and oxygen atoms in total. The first-order chi connectivity index (χ1) is 10.6. The van der Waals surface area contributed by atoms with Gasteiger partial charge < -0.3 is 14.2 Å². The summed E-state index contributed by atoms with van der Waals surface area (Å²) in [5.74, 6) is 2.13. The van der Waals surface area contributed by atoms with E-state index in [9.17, 15) is 0 Å². The molecule has 0 aliphatic carbocycles. The van der Waals surface area contributed by atoms with Crippen LogP contribution < -0.4 is 4.74 Å². The normalized spacial score (nSPS) is 22.4. The maximum absolute atomic E-state index is 5.51. The Labute approximate surface area is 130 Å². The molecule has 3 rings (SSSR count). The molecule has 2 atom stereocenters. The topological polar surface area (TPSA) is 54.6 Å². The van der Waals surface area contributed by atoms with Crippen molar-refractivity contribution in [1.82, 2.24) is 19.9 Å². The summed E-state index contributed by atoms with van der Waals surface area (Å²) in [6.07, 6.45) is 1.01. The van der Waals surface area contributed by atoms with Crippen molar-refractivity contribution in [3.8, 4) is 17.1 Å². The molecule has 0 saturated carbocycles. The highest BCUT2D eigenvalue weighted by Gasteiger charge is 2.35. The maximum Gasteiger partial charge on any atom is 0.244 e. The minimum Gasteiger partial charge on any atom is -0.497 e. The van der Waals surface area contributed by atoms with Gasteiger partial charge in [0.1, 0.15) is 5.75 Å². The van der Waals surface area contributed by atoms with E-state index in [-0.39, 0.29) is 6.04 Å². The van der Waals surface area contributed by atoms with Gasteiger partial charge in [0.05, 0.1) is 13.2 Å². The van der Waals surface area contributed by atoms with E-state index in [1.165, 1.54) is 0 Å². The quantitative estimate of drug-likeness (QED) is 0.861. The molecule has 0 amide bonds. The molecular weight excluding hydrogens is 280 g/mol. The lowest BCUT2D eigenvalue weighted by Crippen LogP contribution is -2.30. The van der Waals surface area contributed by atoms with Crippen LogP contribution in [0.5, 0.6) is 5.75 Å². The molecule has 6 heteroatoms. The first kappa shape index (κ1) is 15.0. The third-order valence-corrected chi connectivity index (χ3v) is 4.33. The van der Waals surface area contributed by atoms with Crippen LogP contribution >= 0.6 is 0 Å². The molecule has 118 valence electrons. The molecule has 1 aromatic heterocycles. The molecule has 1 fully saturated rings. The van der Waals surface area contributed by atoms with Gasteiger partial charge in [-0.15, -0.1) is 0 Å². The molecule has 0 unspecified atom stereocenters. The first-order valence-corrected chi connectivity index (χ1v) is 7.43. The van der Waals surface area contributed by atoms with Crippen LogP contribution in [-0.4, -0.2) is 60.8 Å². The maximum atomic E-state index is 5.51. The predicted octanol–water partition coefficient (Wildman–Crippen LogP) is 2.05. The fourth-order valence-corrected chi connectivity index (χ4v) is 2.86. The van der Waals surface area contributed by atoms with Crippen LogP contribution in [0.3, 0.4) is 0 Å². The molecule has 1 aromatic carbocycles. The van der Waals surface area contributed by atoms with Crippen molar-refractivity contribution in [2.45, 2.75) is 18.5 Å². The second-order valence-electron chi connectivity index (χ2n) is 5.99. The summed E-state index contributed by atoms with van der Waals surface area (Å²) >= 11 is 0. The van der Waals surface area contributed by atoms with Gasteiger partial charge in [-0.3, -0.25) is 4.90 Å². The lowest BCUT2D eigenvalue weighted by Gasteiger charge is -2.17. The van der Waals surface area contributed by atoms with Gasteiger partial charge in [0, 0.05) is 18.2 Å². The molecule has 0 radical (unpaired) electrons. The number of hydrogen-bond acceptors (Lipinski definition) is 6. The average Bonchev–Trinajstić information content (AvgIpc) is 3.14. The van der Waals surface area contributed by atoms with Gasteiger partial charge in [0.15, 0.2) is 0 Å². The van der Waals surface area contributed by atoms with Crippen LogP contribution in [0.4, 0.5) is 0 Å². The van der Waals surface area contributed by atoms with Gasteiger partial charge in [0.2, 0.25) is 11.7 Å². The summed E-state index contributed by atoms with van der Waals surface area (Å²) in [5.41, 5.74) is 0.931. The highest BCUT2D eigenvalue weighted by molar-refractivity contribution is 5.55. The molecule has 1 saturated heterocycles. The van der Waals surface area contributed by atoms with Crippen LogP contribution in [0.1, 0.15) is 18.4 Å². The molecule has 2 heterocycles. The zero-order chi connectivity index (χ0) is 15.7. The smallest absolute Gasteiger partial charge is 0.244 e. The summed E-state index contributed by atoms with van der Waals surface area (Å²) in [6, 6.07) is 8.38. The van der Waals surface area contributed by atoms with E-state index in [1.807, 2.05) is 24.3 Å². The second-order valence-corrected chi connectivity index (χ2v) is 5.99. The molecule has 0 spiro atoms. The SMILES string of the molecule is COc1ccc(-c2noc([C@@H]3C[C@H](N(C)C)CN3C)n2)cc1. The summed E-state index contributed by atoms with van der Waals surface area (Å²) < 4.78 is 10.7. The Hall–Kier alpha value is -1.92. The van der Waals surface area contributed by atoms with Crippen molar-refractivity contribution < 1.29 is 9.26 Å². The average molecular weight is 302 g/mol. The van der Waals surface area contributed by atoms with E-state index in [2.05, 4.69) is 41.1 Å². The Morgan fingerprint density at radius 3 is 2.59 bits per heavy atom. The van der Waals surface area contributed by atoms with Crippen molar-refractivity contribution in [3.05, 3.63) is 30.2 Å². The first-order valence-electron chi connectivity index (χ1n) is 7.43. The van der Waals surface area contributed by atoms with E-state index in [0.29, 0.717) is 17.8 Å². The summed E-state index contributed by atoms with van der Waals surface area (Å²) in [4.78, 5) is 9.10. The van der Waals surface area contributed by atoms with Gasteiger partial charge in [0.25, 0.3) is 0 Å². The second kappa shape index (κ2) is 6.06. The standard InChI is InChI=1S/C16H22N4O2/c1-19(2)12-9-14(20(3)10-12)16-17-15(18-22-16)11-5-7-13(21-4)8-6-11/h5-8,12,14H,9-10H2,1-4H3/t12-,14-/m0/s1. The Kier molecular flexibility index (Phi) is 4.13. The number of methoxy groups -OCH3 is 1. The Balaban J connectivity index is 1.78. The Bertz CT molecular complexity index is 623. The van der Waals surface area contributed by atoms with Crippen LogP contribution in [0.25, 0.3) is 11.4 Å². The minimum atomic E-state index is 0.187. The lowest BCUT2D eigenvalue weighted by atomic mass is 10.1. The monoisotopic (exact) mass is 302 g/mol. The number of aromatic nitrogens is 2. The third-order valence-electron chi connectivity index (χ3n) is 4.33. The predicted molar refractivity (Wildman–Crippen MR) is 83.7 cm³/mol. The van der Waals surface area contributed by atoms with E-state index < -0.39 is 0 Å². The van der Waals surface area contributed by atoms with Gasteiger partial charge in [-0.1, -0.05) is 5.16 Å². The van der Waals surface area contributed by atoms with E-state index in [4.69, 9.17) is 9.26 Å². The van der Waals surface area contributed by atoms with Crippen molar-refractivity contribution in [2.24, 2.45) is 0 Å². The molecule has 2 aromatic rings. The fraction of sp³-hybridized carbons (Fsp3) is 0.500. The third kappa shape index (κ3) is 2.84. The Morgan fingerprint density at radius 1 is 1.27 bits per heavy atom. The highest BCUT2D eigenvalue weighted by atomic mass is 16.5. The number of likely N-dealkylation sites (tertiary alicyclic amines) is 1. The number of ether oxygens (including phenoxy) is 1. The zero-order valence-corrected chi connectivity index (χ0v) is 13.5. The molecule has 0 bridgehead atoms. The Morgan fingerprint density at radius 2 is 2.00 bits per heavy atom. The lowest BCUT2D eigenvalue weighted by molar-refractivity contribution is 0.242. The number of nitrogens with zero attached hydrogens (tertiary/aromatic N) is 4. The largest absolute Gasteiger partial charge is 0.497 e. The van der Waals surface area contributed by atoms with Gasteiger partial charge >= 0.3 is 0 Å².